The van der Waals surface area contributed by atoms with E-state index in [0.717, 1.165) is 24.2 Å². The van der Waals surface area contributed by atoms with E-state index in [4.69, 9.17) is 0 Å². The predicted molar refractivity (Wildman–Crippen MR) is 106 cm³/mol. The lowest BCUT2D eigenvalue weighted by Gasteiger charge is -2.24. The molecular weight excluding hydrogens is 395 g/mol. The zero-order valence-corrected chi connectivity index (χ0v) is 16.9. The smallest absolute Gasteiger partial charge is 0.243 e. The molecular formula is C19H21FN6O2S. The summed E-state index contributed by atoms with van der Waals surface area (Å²) in [6.45, 7) is 4.04. The highest BCUT2D eigenvalue weighted by Crippen LogP contribution is 2.36. The van der Waals surface area contributed by atoms with Crippen LogP contribution < -0.4 is 5.32 Å². The summed E-state index contributed by atoms with van der Waals surface area (Å²) >= 11 is 0. The maximum absolute atomic E-state index is 13.2. The SMILES string of the molecule is Cc1nc(Nc2cc(C)[nH]n2)cc(C2CCCN2S(=O)(=O)c2ccc(F)cc2)n1. The van der Waals surface area contributed by atoms with Crippen LogP contribution in [0.2, 0.25) is 0 Å². The van der Waals surface area contributed by atoms with Crippen LogP contribution in [0.1, 0.15) is 36.1 Å². The van der Waals surface area contributed by atoms with Crippen molar-refractivity contribution in [3.63, 3.8) is 0 Å². The van der Waals surface area contributed by atoms with Crippen LogP contribution in [0.4, 0.5) is 16.0 Å². The van der Waals surface area contributed by atoms with E-state index in [1.54, 1.807) is 13.0 Å². The molecule has 4 rings (SSSR count). The molecule has 2 N–H and O–H groups in total. The predicted octanol–water partition coefficient (Wildman–Crippen LogP) is 3.23. The number of hydrogen-bond donors (Lipinski definition) is 2. The summed E-state index contributed by atoms with van der Waals surface area (Å²) in [6, 6.07) is 8.07. The van der Waals surface area contributed by atoms with Gasteiger partial charge in [-0.3, -0.25) is 5.10 Å². The van der Waals surface area contributed by atoms with E-state index in [1.807, 2.05) is 13.0 Å². The summed E-state index contributed by atoms with van der Waals surface area (Å²) in [5, 5.41) is 10.1. The minimum absolute atomic E-state index is 0.0712. The topological polar surface area (TPSA) is 104 Å². The molecule has 1 saturated heterocycles. The Morgan fingerprint density at radius 2 is 1.90 bits per heavy atom. The molecule has 2 aromatic heterocycles. The summed E-state index contributed by atoms with van der Waals surface area (Å²) in [5.41, 5.74) is 1.53. The fraction of sp³-hybridized carbons (Fsp3) is 0.316. The van der Waals surface area contributed by atoms with Gasteiger partial charge in [-0.1, -0.05) is 0 Å². The van der Waals surface area contributed by atoms with E-state index in [-0.39, 0.29) is 4.90 Å². The van der Waals surface area contributed by atoms with Gasteiger partial charge in [0.1, 0.15) is 17.5 Å². The molecule has 0 bridgehead atoms. The lowest BCUT2D eigenvalue weighted by Crippen LogP contribution is -2.31. The molecule has 0 saturated carbocycles. The Kier molecular flexibility index (Phi) is 5.05. The van der Waals surface area contributed by atoms with E-state index in [1.165, 1.54) is 16.4 Å². The zero-order valence-electron chi connectivity index (χ0n) is 16.1. The third kappa shape index (κ3) is 3.99. The van der Waals surface area contributed by atoms with Crippen LogP contribution in [-0.2, 0) is 10.0 Å². The maximum Gasteiger partial charge on any atom is 0.243 e. The molecule has 0 spiro atoms. The average Bonchev–Trinajstić information content (AvgIpc) is 3.31. The molecule has 1 unspecified atom stereocenters. The first-order valence-electron chi connectivity index (χ1n) is 9.25. The number of aromatic nitrogens is 4. The van der Waals surface area contributed by atoms with Crippen LogP contribution in [0.3, 0.4) is 0 Å². The number of aryl methyl sites for hydroxylation is 2. The van der Waals surface area contributed by atoms with Gasteiger partial charge in [-0.05, 0) is 51.0 Å². The van der Waals surface area contributed by atoms with Crippen molar-refractivity contribution in [1.82, 2.24) is 24.5 Å². The van der Waals surface area contributed by atoms with E-state index >= 15 is 0 Å². The maximum atomic E-state index is 13.2. The van der Waals surface area contributed by atoms with Crippen LogP contribution in [-0.4, -0.2) is 39.4 Å². The van der Waals surface area contributed by atoms with Crippen molar-refractivity contribution in [2.75, 3.05) is 11.9 Å². The van der Waals surface area contributed by atoms with Crippen LogP contribution in [0, 0.1) is 19.7 Å². The fourth-order valence-corrected chi connectivity index (χ4v) is 5.17. The largest absolute Gasteiger partial charge is 0.323 e. The van der Waals surface area contributed by atoms with Crippen LogP contribution in [0.5, 0.6) is 0 Å². The van der Waals surface area contributed by atoms with Crippen molar-refractivity contribution in [3.05, 3.63) is 59.4 Å². The Labute approximate surface area is 168 Å². The number of benzene rings is 1. The highest BCUT2D eigenvalue weighted by molar-refractivity contribution is 7.89. The summed E-state index contributed by atoms with van der Waals surface area (Å²) in [6.07, 6.45) is 1.37. The number of nitrogens with zero attached hydrogens (tertiary/aromatic N) is 4. The molecule has 152 valence electrons. The molecule has 10 heteroatoms. The van der Waals surface area contributed by atoms with Gasteiger partial charge in [0, 0.05) is 24.4 Å². The van der Waals surface area contributed by atoms with Gasteiger partial charge in [0.25, 0.3) is 0 Å². The Morgan fingerprint density at radius 1 is 1.14 bits per heavy atom. The van der Waals surface area contributed by atoms with Gasteiger partial charge >= 0.3 is 0 Å². The normalized spacial score (nSPS) is 17.6. The number of sulfonamides is 1. The number of nitrogens with one attached hydrogen (secondary N) is 2. The second kappa shape index (κ2) is 7.53. The molecule has 0 radical (unpaired) electrons. The third-order valence-corrected chi connectivity index (χ3v) is 6.71. The number of halogens is 1. The molecule has 8 nitrogen and oxygen atoms in total. The summed E-state index contributed by atoms with van der Waals surface area (Å²) < 4.78 is 40.9. The molecule has 1 aliphatic rings. The Hall–Kier alpha value is -2.85. The summed E-state index contributed by atoms with van der Waals surface area (Å²) in [5.74, 6) is 1.22. The Bertz CT molecular complexity index is 1130. The monoisotopic (exact) mass is 416 g/mol. The quantitative estimate of drug-likeness (QED) is 0.662. The molecule has 29 heavy (non-hydrogen) atoms. The zero-order chi connectivity index (χ0) is 20.6. The van der Waals surface area contributed by atoms with E-state index in [0.29, 0.717) is 36.1 Å². The fourth-order valence-electron chi connectivity index (χ4n) is 3.50. The first-order valence-corrected chi connectivity index (χ1v) is 10.7. The summed E-state index contributed by atoms with van der Waals surface area (Å²) in [7, 11) is -3.77. The van der Waals surface area contributed by atoms with Crippen LogP contribution in [0.25, 0.3) is 0 Å². The molecule has 3 aromatic rings. The summed E-state index contributed by atoms with van der Waals surface area (Å²) in [4.78, 5) is 8.94. The van der Waals surface area contributed by atoms with Gasteiger partial charge in [0.15, 0.2) is 5.82 Å². The van der Waals surface area contributed by atoms with E-state index in [2.05, 4.69) is 25.5 Å². The van der Waals surface area contributed by atoms with Gasteiger partial charge in [-0.25, -0.2) is 22.8 Å². The van der Waals surface area contributed by atoms with Crippen molar-refractivity contribution < 1.29 is 12.8 Å². The first-order chi connectivity index (χ1) is 13.8. The molecule has 1 aromatic carbocycles. The Morgan fingerprint density at radius 3 is 2.59 bits per heavy atom. The average molecular weight is 416 g/mol. The lowest BCUT2D eigenvalue weighted by atomic mass is 10.1. The number of H-pyrrole nitrogens is 1. The third-order valence-electron chi connectivity index (χ3n) is 4.79. The lowest BCUT2D eigenvalue weighted by molar-refractivity contribution is 0.389. The molecule has 0 aliphatic carbocycles. The standard InChI is InChI=1S/C19H21FN6O2S/c1-12-10-19(25-24-12)23-18-11-16(21-13(2)22-18)17-4-3-9-26(17)29(27,28)15-7-5-14(20)6-8-15/h5-8,10-11,17H,3-4,9H2,1-2H3,(H2,21,22,23,24,25). The molecule has 1 fully saturated rings. The van der Waals surface area contributed by atoms with Gasteiger partial charge in [-0.2, -0.15) is 9.40 Å². The van der Waals surface area contributed by atoms with Gasteiger partial charge in [0.05, 0.1) is 16.6 Å². The second-order valence-corrected chi connectivity index (χ2v) is 8.90. The van der Waals surface area contributed by atoms with Crippen molar-refractivity contribution in [2.45, 2.75) is 37.6 Å². The van der Waals surface area contributed by atoms with Crippen LogP contribution >= 0.6 is 0 Å². The number of anilines is 2. The molecule has 3 heterocycles. The van der Waals surface area contributed by atoms with Gasteiger partial charge in [-0.15, -0.1) is 0 Å². The highest BCUT2D eigenvalue weighted by atomic mass is 32.2. The van der Waals surface area contributed by atoms with Crippen molar-refractivity contribution in [1.29, 1.82) is 0 Å². The highest BCUT2D eigenvalue weighted by Gasteiger charge is 2.37. The Balaban J connectivity index is 1.65. The minimum Gasteiger partial charge on any atom is -0.323 e. The van der Waals surface area contributed by atoms with E-state index in [9.17, 15) is 12.8 Å². The van der Waals surface area contributed by atoms with Crippen LogP contribution in [0.15, 0.2) is 41.3 Å². The molecule has 1 aliphatic heterocycles. The first kappa shape index (κ1) is 19.5. The number of rotatable bonds is 5. The number of aromatic amines is 1. The van der Waals surface area contributed by atoms with Crippen molar-refractivity contribution in [2.24, 2.45) is 0 Å². The minimum atomic E-state index is -3.77. The molecule has 1 atom stereocenters. The number of hydrogen-bond acceptors (Lipinski definition) is 6. The van der Waals surface area contributed by atoms with Gasteiger partial charge in [0.2, 0.25) is 10.0 Å². The second-order valence-electron chi connectivity index (χ2n) is 7.01. The van der Waals surface area contributed by atoms with Gasteiger partial charge < -0.3 is 5.32 Å². The molecule has 0 amide bonds. The van der Waals surface area contributed by atoms with Crippen molar-refractivity contribution >= 4 is 21.7 Å². The van der Waals surface area contributed by atoms with Crippen molar-refractivity contribution in [3.8, 4) is 0 Å². The van der Waals surface area contributed by atoms with E-state index < -0.39 is 21.9 Å².